The summed E-state index contributed by atoms with van der Waals surface area (Å²) < 4.78 is 0. The molecule has 0 aliphatic rings. The maximum Gasteiger partial charge on any atom is 0.321 e. The second-order valence-electron chi connectivity index (χ2n) is 6.87. The van der Waals surface area contributed by atoms with Crippen molar-refractivity contribution >= 4 is 17.9 Å². The van der Waals surface area contributed by atoms with Gasteiger partial charge in [0.15, 0.2) is 5.41 Å². The van der Waals surface area contributed by atoms with Crippen molar-refractivity contribution in [2.24, 2.45) is 5.41 Å². The summed E-state index contributed by atoms with van der Waals surface area (Å²) in [4.78, 5) is 33.5. The molecule has 0 aromatic heterocycles. The van der Waals surface area contributed by atoms with Crippen molar-refractivity contribution in [1.29, 1.82) is 0 Å². The summed E-state index contributed by atoms with van der Waals surface area (Å²) >= 11 is 0. The Morgan fingerprint density at radius 2 is 1.04 bits per heavy atom. The molecule has 0 radical (unpaired) electrons. The Bertz CT molecular complexity index is 391. The summed E-state index contributed by atoms with van der Waals surface area (Å²) in [5, 5.41) is 27.4. The highest BCUT2D eigenvalue weighted by Gasteiger charge is 2.45. The monoisotopic (exact) mass is 358 g/mol. The molecule has 6 nitrogen and oxygen atoms in total. The Hall–Kier alpha value is -1.59. The van der Waals surface area contributed by atoms with Crippen LogP contribution in [0.1, 0.15) is 96.8 Å². The third-order valence-electron chi connectivity index (χ3n) is 4.77. The maximum absolute atomic E-state index is 11.5. The predicted molar refractivity (Wildman–Crippen MR) is 95.7 cm³/mol. The minimum atomic E-state index is -1.63. The highest BCUT2D eigenvalue weighted by Crippen LogP contribution is 2.33. The number of aliphatic carboxylic acids is 3. The summed E-state index contributed by atoms with van der Waals surface area (Å²) in [5.74, 6) is -3.18. The Kier molecular flexibility index (Phi) is 12.8. The van der Waals surface area contributed by atoms with E-state index in [9.17, 15) is 24.6 Å². The van der Waals surface area contributed by atoms with Gasteiger partial charge >= 0.3 is 17.9 Å². The highest BCUT2D eigenvalue weighted by atomic mass is 16.4. The zero-order valence-corrected chi connectivity index (χ0v) is 15.5. The number of carboxylic acids is 3. The van der Waals surface area contributed by atoms with Crippen LogP contribution in [0.5, 0.6) is 0 Å². The number of hydrogen-bond acceptors (Lipinski definition) is 3. The molecule has 0 spiro atoms. The van der Waals surface area contributed by atoms with Gasteiger partial charge in [-0.3, -0.25) is 14.4 Å². The number of carbonyl (C=O) groups is 3. The number of unbranched alkanes of at least 4 members (excludes halogenated alkanes) is 9. The molecule has 0 saturated heterocycles. The fraction of sp³-hybridized carbons (Fsp3) is 0.842. The average Bonchev–Trinajstić information content (AvgIpc) is 2.54. The predicted octanol–water partition coefficient (Wildman–Crippen LogP) is 4.71. The molecule has 0 aromatic carbocycles. The summed E-state index contributed by atoms with van der Waals surface area (Å²) in [6.07, 6.45) is 10.2. The van der Waals surface area contributed by atoms with Gasteiger partial charge in [-0.15, -0.1) is 0 Å². The third-order valence-corrected chi connectivity index (χ3v) is 4.77. The molecule has 0 amide bonds. The quantitative estimate of drug-likeness (QED) is 0.256. The van der Waals surface area contributed by atoms with E-state index in [1.165, 1.54) is 0 Å². The fourth-order valence-electron chi connectivity index (χ4n) is 3.08. The Balaban J connectivity index is 4.00. The van der Waals surface area contributed by atoms with Gasteiger partial charge in [0.2, 0.25) is 0 Å². The van der Waals surface area contributed by atoms with E-state index in [4.69, 9.17) is 5.11 Å². The standard InChI is InChI=1S/C19H34O6/c1-2-3-11-14-19(17(22)23,18(24)25)15-12-9-7-5-4-6-8-10-13-16(20)21/h2-15H2,1H3,(H,20,21)(H,22,23)(H,24,25). The molecular formula is C19H34O6. The molecule has 0 unspecified atom stereocenters. The van der Waals surface area contributed by atoms with Crippen molar-refractivity contribution in [1.82, 2.24) is 0 Å². The summed E-state index contributed by atoms with van der Waals surface area (Å²) in [6.45, 7) is 2.00. The first-order chi connectivity index (χ1) is 11.9. The van der Waals surface area contributed by atoms with Crippen LogP contribution in [0.4, 0.5) is 0 Å². The Labute approximate surface area is 150 Å². The lowest BCUT2D eigenvalue weighted by Crippen LogP contribution is -2.39. The van der Waals surface area contributed by atoms with E-state index in [2.05, 4.69) is 0 Å². The first kappa shape index (κ1) is 23.4. The van der Waals surface area contributed by atoms with Gasteiger partial charge in [0, 0.05) is 6.42 Å². The third kappa shape index (κ3) is 10.1. The molecule has 0 atom stereocenters. The van der Waals surface area contributed by atoms with E-state index in [1.807, 2.05) is 6.92 Å². The topological polar surface area (TPSA) is 112 Å². The maximum atomic E-state index is 11.5. The van der Waals surface area contributed by atoms with Gasteiger partial charge in [-0.2, -0.15) is 0 Å². The van der Waals surface area contributed by atoms with Gasteiger partial charge in [0.1, 0.15) is 0 Å². The highest BCUT2D eigenvalue weighted by molar-refractivity contribution is 5.98. The van der Waals surface area contributed by atoms with Crippen molar-refractivity contribution in [3.05, 3.63) is 0 Å². The molecule has 0 aliphatic heterocycles. The van der Waals surface area contributed by atoms with E-state index in [-0.39, 0.29) is 19.3 Å². The molecule has 0 aliphatic carbocycles. The Morgan fingerprint density at radius 3 is 1.44 bits per heavy atom. The SMILES string of the molecule is CCCCCC(CCCCCCCCCCC(=O)O)(C(=O)O)C(=O)O. The van der Waals surface area contributed by atoms with Crippen LogP contribution in [0.3, 0.4) is 0 Å². The van der Waals surface area contributed by atoms with Gasteiger partial charge in [-0.1, -0.05) is 71.1 Å². The first-order valence-corrected chi connectivity index (χ1v) is 9.55. The number of hydrogen-bond donors (Lipinski definition) is 3. The molecule has 146 valence electrons. The van der Waals surface area contributed by atoms with Gasteiger partial charge in [0.25, 0.3) is 0 Å². The molecule has 0 rings (SSSR count). The van der Waals surface area contributed by atoms with E-state index >= 15 is 0 Å². The smallest absolute Gasteiger partial charge is 0.321 e. The molecule has 0 heterocycles. The van der Waals surface area contributed by atoms with Crippen molar-refractivity contribution in [2.75, 3.05) is 0 Å². The van der Waals surface area contributed by atoms with Crippen LogP contribution in [0.15, 0.2) is 0 Å². The van der Waals surface area contributed by atoms with E-state index in [0.29, 0.717) is 19.3 Å². The van der Waals surface area contributed by atoms with Crippen LogP contribution in [0.25, 0.3) is 0 Å². The van der Waals surface area contributed by atoms with Crippen LogP contribution in [0.2, 0.25) is 0 Å². The summed E-state index contributed by atoms with van der Waals surface area (Å²) in [7, 11) is 0. The van der Waals surface area contributed by atoms with Crippen LogP contribution < -0.4 is 0 Å². The largest absolute Gasteiger partial charge is 0.481 e. The van der Waals surface area contributed by atoms with Crippen molar-refractivity contribution in [2.45, 2.75) is 96.8 Å². The zero-order valence-electron chi connectivity index (χ0n) is 15.5. The lowest BCUT2D eigenvalue weighted by Gasteiger charge is -2.24. The van der Waals surface area contributed by atoms with Crippen molar-refractivity contribution in [3.8, 4) is 0 Å². The minimum Gasteiger partial charge on any atom is -0.481 e. The van der Waals surface area contributed by atoms with Crippen LogP contribution in [-0.4, -0.2) is 33.2 Å². The molecule has 0 bridgehead atoms. The second-order valence-corrected chi connectivity index (χ2v) is 6.87. The molecule has 25 heavy (non-hydrogen) atoms. The second kappa shape index (κ2) is 13.7. The molecule has 6 heteroatoms. The van der Waals surface area contributed by atoms with Crippen LogP contribution >= 0.6 is 0 Å². The van der Waals surface area contributed by atoms with Gasteiger partial charge in [-0.25, -0.2) is 0 Å². The lowest BCUT2D eigenvalue weighted by molar-refractivity contribution is -0.166. The summed E-state index contributed by atoms with van der Waals surface area (Å²) in [5.41, 5.74) is -1.63. The van der Waals surface area contributed by atoms with Crippen molar-refractivity contribution in [3.63, 3.8) is 0 Å². The fourth-order valence-corrected chi connectivity index (χ4v) is 3.08. The molecular weight excluding hydrogens is 324 g/mol. The minimum absolute atomic E-state index is 0.194. The zero-order chi connectivity index (χ0) is 19.1. The molecule has 0 saturated carbocycles. The van der Waals surface area contributed by atoms with Gasteiger partial charge in [0.05, 0.1) is 0 Å². The van der Waals surface area contributed by atoms with Gasteiger partial charge < -0.3 is 15.3 Å². The molecule has 0 fully saturated rings. The Morgan fingerprint density at radius 1 is 0.640 bits per heavy atom. The number of rotatable bonds is 17. The lowest BCUT2D eigenvalue weighted by atomic mass is 9.78. The molecule has 0 aromatic rings. The van der Waals surface area contributed by atoms with Crippen LogP contribution in [0, 0.1) is 5.41 Å². The normalized spacial score (nSPS) is 11.4. The summed E-state index contributed by atoms with van der Waals surface area (Å²) in [6, 6.07) is 0. The van der Waals surface area contributed by atoms with Gasteiger partial charge in [-0.05, 0) is 19.3 Å². The number of carboxylic acid groups (broad SMARTS) is 3. The first-order valence-electron chi connectivity index (χ1n) is 9.55. The molecule has 3 N–H and O–H groups in total. The van der Waals surface area contributed by atoms with E-state index in [0.717, 1.165) is 51.4 Å². The van der Waals surface area contributed by atoms with Crippen LogP contribution in [-0.2, 0) is 14.4 Å². The van der Waals surface area contributed by atoms with Crippen molar-refractivity contribution < 1.29 is 29.7 Å². The van der Waals surface area contributed by atoms with E-state index < -0.39 is 23.3 Å². The van der Waals surface area contributed by atoms with E-state index in [1.54, 1.807) is 0 Å². The average molecular weight is 358 g/mol.